The summed E-state index contributed by atoms with van der Waals surface area (Å²) in [7, 11) is -2.17. The number of anilines is 2. The summed E-state index contributed by atoms with van der Waals surface area (Å²) in [5.74, 6) is -0.786. The van der Waals surface area contributed by atoms with Gasteiger partial charge in [-0.15, -0.1) is 11.3 Å². The monoisotopic (exact) mass is 488 g/mol. The van der Waals surface area contributed by atoms with E-state index in [2.05, 4.69) is 5.32 Å². The van der Waals surface area contributed by atoms with Gasteiger partial charge in [0, 0.05) is 12.7 Å². The molecule has 0 saturated heterocycles. The Hall–Kier alpha value is -3.37. The number of carbonyl (C=O) groups excluding carboxylic acids is 2. The number of aryl methyl sites for hydroxylation is 2. The van der Waals surface area contributed by atoms with Crippen LogP contribution >= 0.6 is 11.3 Å². The van der Waals surface area contributed by atoms with Crippen molar-refractivity contribution in [2.45, 2.75) is 18.1 Å². The first-order valence-electron chi connectivity index (χ1n) is 9.95. The summed E-state index contributed by atoms with van der Waals surface area (Å²) in [4.78, 5) is 24.0. The molecule has 3 aromatic rings. The zero-order valence-corrected chi connectivity index (χ0v) is 20.0. The van der Waals surface area contributed by atoms with E-state index >= 15 is 0 Å². The van der Waals surface area contributed by atoms with Crippen LogP contribution < -0.4 is 14.4 Å². The van der Waals surface area contributed by atoms with Gasteiger partial charge in [0.25, 0.3) is 15.9 Å². The maximum absolute atomic E-state index is 12.6. The van der Waals surface area contributed by atoms with Crippen LogP contribution in [0.25, 0.3) is 0 Å². The van der Waals surface area contributed by atoms with E-state index in [1.807, 2.05) is 32.0 Å². The molecule has 0 saturated carbocycles. The molecule has 1 N–H and O–H groups in total. The van der Waals surface area contributed by atoms with Gasteiger partial charge in [0.15, 0.2) is 13.2 Å². The lowest BCUT2D eigenvalue weighted by molar-refractivity contribution is -0.149. The lowest BCUT2D eigenvalue weighted by atomic mass is 10.1. The smallest absolute Gasteiger partial charge is 0.344 e. The first-order chi connectivity index (χ1) is 15.7. The van der Waals surface area contributed by atoms with E-state index in [0.29, 0.717) is 17.1 Å². The van der Waals surface area contributed by atoms with Crippen molar-refractivity contribution in [3.63, 3.8) is 0 Å². The molecule has 33 heavy (non-hydrogen) atoms. The van der Waals surface area contributed by atoms with E-state index in [-0.39, 0.29) is 10.8 Å². The van der Waals surface area contributed by atoms with Crippen molar-refractivity contribution in [2.75, 3.05) is 29.9 Å². The second kappa shape index (κ2) is 10.5. The third-order valence-corrected chi connectivity index (χ3v) is 7.94. The van der Waals surface area contributed by atoms with Crippen LogP contribution in [0.1, 0.15) is 11.1 Å². The zero-order valence-electron chi connectivity index (χ0n) is 18.4. The number of amides is 1. The number of hydrogen-bond donors (Lipinski definition) is 1. The number of ether oxygens (including phenoxy) is 2. The lowest BCUT2D eigenvalue weighted by Gasteiger charge is -2.18. The Morgan fingerprint density at radius 3 is 2.24 bits per heavy atom. The van der Waals surface area contributed by atoms with Gasteiger partial charge in [-0.2, -0.15) is 0 Å². The zero-order chi connectivity index (χ0) is 24.0. The van der Waals surface area contributed by atoms with Crippen LogP contribution in [0, 0.1) is 13.8 Å². The molecule has 10 heteroatoms. The van der Waals surface area contributed by atoms with E-state index in [4.69, 9.17) is 9.47 Å². The normalized spacial score (nSPS) is 11.0. The van der Waals surface area contributed by atoms with Crippen molar-refractivity contribution in [3.8, 4) is 5.75 Å². The molecule has 0 radical (unpaired) electrons. The third kappa shape index (κ3) is 6.11. The van der Waals surface area contributed by atoms with Crippen LogP contribution in [0.3, 0.4) is 0 Å². The molecule has 0 aliphatic rings. The van der Waals surface area contributed by atoms with Gasteiger partial charge >= 0.3 is 5.97 Å². The molecule has 0 aliphatic carbocycles. The van der Waals surface area contributed by atoms with Crippen LogP contribution in [0.5, 0.6) is 5.75 Å². The number of carbonyl (C=O) groups is 2. The molecule has 8 nitrogen and oxygen atoms in total. The molecule has 0 aliphatic heterocycles. The highest BCUT2D eigenvalue weighted by Gasteiger charge is 2.22. The summed E-state index contributed by atoms with van der Waals surface area (Å²) in [6.07, 6.45) is 0. The fourth-order valence-electron chi connectivity index (χ4n) is 2.95. The summed E-state index contributed by atoms with van der Waals surface area (Å²) in [6.45, 7) is 2.94. The quantitative estimate of drug-likeness (QED) is 0.460. The van der Waals surface area contributed by atoms with Crippen molar-refractivity contribution in [3.05, 3.63) is 71.1 Å². The van der Waals surface area contributed by atoms with Gasteiger partial charge in [0.1, 0.15) is 9.96 Å². The van der Waals surface area contributed by atoms with Gasteiger partial charge in [-0.05, 0) is 60.7 Å². The minimum Gasteiger partial charge on any atom is -0.482 e. The van der Waals surface area contributed by atoms with Gasteiger partial charge in [0.2, 0.25) is 0 Å². The standard InChI is InChI=1S/C23H24N2O6S2/c1-16-6-4-7-17(2)23(16)24-20(26)14-31-21(27)15-30-19-11-9-18(10-12-19)25(3)33(28,29)22-8-5-13-32-22/h4-13H,14-15H2,1-3H3,(H,24,26). The number of para-hydroxylation sites is 1. The minimum atomic E-state index is -3.63. The van der Waals surface area contributed by atoms with E-state index in [9.17, 15) is 18.0 Å². The van der Waals surface area contributed by atoms with Gasteiger partial charge < -0.3 is 14.8 Å². The molecule has 3 rings (SSSR count). The highest BCUT2D eigenvalue weighted by atomic mass is 32.2. The number of hydrogen-bond acceptors (Lipinski definition) is 7. The van der Waals surface area contributed by atoms with Crippen LogP contribution in [0.4, 0.5) is 11.4 Å². The van der Waals surface area contributed by atoms with Crippen molar-refractivity contribution < 1.29 is 27.5 Å². The van der Waals surface area contributed by atoms with Crippen LogP contribution in [0.2, 0.25) is 0 Å². The lowest BCUT2D eigenvalue weighted by Crippen LogP contribution is -2.25. The Labute approximate surface area is 196 Å². The number of nitrogens with one attached hydrogen (secondary N) is 1. The first kappa shape index (κ1) is 24.3. The summed E-state index contributed by atoms with van der Waals surface area (Å²) in [5, 5.41) is 4.44. The number of rotatable bonds is 9. The average Bonchev–Trinajstić information content (AvgIpc) is 3.35. The molecule has 1 aromatic heterocycles. The predicted molar refractivity (Wildman–Crippen MR) is 127 cm³/mol. The summed E-state index contributed by atoms with van der Waals surface area (Å²) in [5.41, 5.74) is 2.97. The molecule has 0 fully saturated rings. The van der Waals surface area contributed by atoms with Gasteiger partial charge in [-0.25, -0.2) is 13.2 Å². The molecular formula is C23H24N2O6S2. The largest absolute Gasteiger partial charge is 0.482 e. The van der Waals surface area contributed by atoms with Crippen LogP contribution in [0.15, 0.2) is 64.2 Å². The Bertz CT molecular complexity index is 1200. The second-order valence-electron chi connectivity index (χ2n) is 7.16. The maximum Gasteiger partial charge on any atom is 0.344 e. The van der Waals surface area contributed by atoms with Crippen LogP contribution in [-0.2, 0) is 24.3 Å². The van der Waals surface area contributed by atoms with Crippen molar-refractivity contribution in [2.24, 2.45) is 0 Å². The first-order valence-corrected chi connectivity index (χ1v) is 12.3. The predicted octanol–water partition coefficient (Wildman–Crippen LogP) is 3.75. The summed E-state index contributed by atoms with van der Waals surface area (Å²) in [6, 6.07) is 15.1. The topological polar surface area (TPSA) is 102 Å². The number of thiophene rings is 1. The number of nitrogens with zero attached hydrogens (tertiary/aromatic N) is 1. The highest BCUT2D eigenvalue weighted by Crippen LogP contribution is 2.26. The van der Waals surface area contributed by atoms with Gasteiger partial charge in [-0.3, -0.25) is 9.10 Å². The molecule has 0 unspecified atom stereocenters. The molecule has 2 aromatic carbocycles. The Balaban J connectivity index is 1.48. The second-order valence-corrected chi connectivity index (χ2v) is 10.3. The number of benzene rings is 2. The van der Waals surface area contributed by atoms with Crippen molar-refractivity contribution in [1.82, 2.24) is 0 Å². The average molecular weight is 489 g/mol. The molecule has 174 valence electrons. The van der Waals surface area contributed by atoms with Crippen LogP contribution in [-0.4, -0.2) is 40.6 Å². The molecule has 1 heterocycles. The Morgan fingerprint density at radius 1 is 0.970 bits per heavy atom. The van der Waals surface area contributed by atoms with Gasteiger partial charge in [0.05, 0.1) is 5.69 Å². The minimum absolute atomic E-state index is 0.245. The fraction of sp³-hybridized carbons (Fsp3) is 0.217. The molecule has 0 atom stereocenters. The Morgan fingerprint density at radius 2 is 1.64 bits per heavy atom. The SMILES string of the molecule is Cc1cccc(C)c1NC(=O)COC(=O)COc1ccc(N(C)S(=O)(=O)c2cccs2)cc1. The van der Waals surface area contributed by atoms with Crippen molar-refractivity contribution >= 4 is 44.6 Å². The van der Waals surface area contributed by atoms with Gasteiger partial charge in [-0.1, -0.05) is 24.3 Å². The highest BCUT2D eigenvalue weighted by molar-refractivity contribution is 7.94. The maximum atomic E-state index is 12.6. The van der Waals surface area contributed by atoms with Crippen molar-refractivity contribution in [1.29, 1.82) is 0 Å². The van der Waals surface area contributed by atoms with E-state index in [1.54, 1.807) is 41.8 Å². The third-order valence-electron chi connectivity index (χ3n) is 4.78. The Kier molecular flexibility index (Phi) is 7.72. The van der Waals surface area contributed by atoms with E-state index in [0.717, 1.165) is 22.5 Å². The molecular weight excluding hydrogens is 464 g/mol. The molecule has 0 bridgehead atoms. The van der Waals surface area contributed by atoms with E-state index in [1.165, 1.54) is 11.4 Å². The fourth-order valence-corrected chi connectivity index (χ4v) is 5.31. The number of sulfonamides is 1. The number of esters is 1. The molecule has 0 spiro atoms. The molecule has 1 amide bonds. The van der Waals surface area contributed by atoms with E-state index < -0.39 is 28.5 Å². The summed E-state index contributed by atoms with van der Waals surface area (Å²) < 4.78 is 36.9. The summed E-state index contributed by atoms with van der Waals surface area (Å²) >= 11 is 1.14.